The molecule has 1 atom stereocenters. The summed E-state index contributed by atoms with van der Waals surface area (Å²) in [5.41, 5.74) is 0.670. The third kappa shape index (κ3) is 2.77. The molecule has 0 spiro atoms. The zero-order chi connectivity index (χ0) is 15.8. The van der Waals surface area contributed by atoms with E-state index in [1.807, 2.05) is 24.3 Å². The van der Waals surface area contributed by atoms with Gasteiger partial charge in [-0.1, -0.05) is 48.0 Å². The minimum absolute atomic E-state index is 0.0200. The van der Waals surface area contributed by atoms with E-state index in [4.69, 9.17) is 11.6 Å². The third-order valence-corrected chi connectivity index (χ3v) is 5.91. The molecule has 0 unspecified atom stereocenters. The molecule has 0 saturated heterocycles. The van der Waals surface area contributed by atoms with Gasteiger partial charge in [-0.25, -0.2) is 13.1 Å². The molecule has 0 bridgehead atoms. The topological polar surface area (TPSA) is 66.4 Å². The van der Waals surface area contributed by atoms with Crippen LogP contribution in [-0.2, 0) is 22.0 Å². The Labute approximate surface area is 134 Å². The van der Waals surface area contributed by atoms with Gasteiger partial charge in [-0.3, -0.25) is 0 Å². The van der Waals surface area contributed by atoms with Gasteiger partial charge in [-0.05, 0) is 36.1 Å². The lowest BCUT2D eigenvalue weighted by Crippen LogP contribution is -2.39. The van der Waals surface area contributed by atoms with Gasteiger partial charge >= 0.3 is 0 Å². The van der Waals surface area contributed by atoms with Gasteiger partial charge in [-0.15, -0.1) is 0 Å². The van der Waals surface area contributed by atoms with E-state index in [9.17, 15) is 13.5 Å². The Morgan fingerprint density at radius 2 is 1.82 bits per heavy atom. The fraction of sp³-hybridized carbons (Fsp3) is 0.250. The Bertz CT molecular complexity index is 807. The molecule has 0 aromatic heterocycles. The SMILES string of the molecule is O=S(=O)(NC[C@@]1(O)CCc2ccccc21)c1ccccc1Cl. The van der Waals surface area contributed by atoms with Crippen LogP contribution in [0.2, 0.25) is 5.02 Å². The first-order valence-corrected chi connectivity index (χ1v) is 8.83. The predicted octanol–water partition coefficient (Wildman–Crippen LogP) is 2.45. The van der Waals surface area contributed by atoms with Crippen LogP contribution in [0.25, 0.3) is 0 Å². The van der Waals surface area contributed by atoms with Crippen molar-refractivity contribution in [3.05, 3.63) is 64.7 Å². The molecular formula is C16H16ClNO3S. The molecule has 2 N–H and O–H groups in total. The van der Waals surface area contributed by atoms with Crippen LogP contribution in [0.4, 0.5) is 0 Å². The molecular weight excluding hydrogens is 322 g/mol. The minimum Gasteiger partial charge on any atom is -0.384 e. The maximum absolute atomic E-state index is 12.4. The van der Waals surface area contributed by atoms with Crippen LogP contribution < -0.4 is 4.72 Å². The Balaban J connectivity index is 1.83. The molecule has 22 heavy (non-hydrogen) atoms. The highest BCUT2D eigenvalue weighted by Crippen LogP contribution is 2.36. The van der Waals surface area contributed by atoms with Crippen LogP contribution >= 0.6 is 11.6 Å². The number of aliphatic hydroxyl groups is 1. The molecule has 0 radical (unpaired) electrons. The molecule has 6 heteroatoms. The summed E-state index contributed by atoms with van der Waals surface area (Å²) in [6.45, 7) is -0.0719. The second-order valence-electron chi connectivity index (χ2n) is 5.44. The van der Waals surface area contributed by atoms with Gasteiger partial charge in [0.15, 0.2) is 0 Å². The number of hydrogen-bond donors (Lipinski definition) is 2. The van der Waals surface area contributed by atoms with Gasteiger partial charge in [-0.2, -0.15) is 0 Å². The van der Waals surface area contributed by atoms with Crippen molar-refractivity contribution in [2.75, 3.05) is 6.54 Å². The normalized spacial score (nSPS) is 20.8. The number of hydrogen-bond acceptors (Lipinski definition) is 3. The van der Waals surface area contributed by atoms with E-state index in [1.165, 1.54) is 12.1 Å². The molecule has 2 aromatic rings. The number of halogens is 1. The van der Waals surface area contributed by atoms with Crippen LogP contribution in [0.15, 0.2) is 53.4 Å². The second-order valence-corrected chi connectivity index (χ2v) is 7.59. The van der Waals surface area contributed by atoms with Crippen molar-refractivity contribution < 1.29 is 13.5 Å². The van der Waals surface area contributed by atoms with E-state index in [0.29, 0.717) is 6.42 Å². The molecule has 1 aliphatic carbocycles. The quantitative estimate of drug-likeness (QED) is 0.900. The molecule has 0 heterocycles. The average Bonchev–Trinajstić information content (AvgIpc) is 2.84. The highest BCUT2D eigenvalue weighted by Gasteiger charge is 2.37. The van der Waals surface area contributed by atoms with Crippen LogP contribution in [0.1, 0.15) is 17.5 Å². The summed E-state index contributed by atoms with van der Waals surface area (Å²) in [6.07, 6.45) is 1.23. The number of benzene rings is 2. The summed E-state index contributed by atoms with van der Waals surface area (Å²) < 4.78 is 27.2. The highest BCUT2D eigenvalue weighted by molar-refractivity contribution is 7.89. The molecule has 0 fully saturated rings. The Morgan fingerprint density at radius 1 is 1.14 bits per heavy atom. The predicted molar refractivity (Wildman–Crippen MR) is 85.3 cm³/mol. The molecule has 3 rings (SSSR count). The van der Waals surface area contributed by atoms with Gasteiger partial charge in [0.1, 0.15) is 10.5 Å². The molecule has 1 aliphatic rings. The second kappa shape index (κ2) is 5.66. The molecule has 0 amide bonds. The van der Waals surface area contributed by atoms with E-state index < -0.39 is 15.6 Å². The molecule has 4 nitrogen and oxygen atoms in total. The van der Waals surface area contributed by atoms with Gasteiger partial charge in [0, 0.05) is 6.54 Å². The number of aryl methyl sites for hydroxylation is 1. The average molecular weight is 338 g/mol. The fourth-order valence-electron chi connectivity index (χ4n) is 2.81. The van der Waals surface area contributed by atoms with E-state index in [1.54, 1.807) is 12.1 Å². The van der Waals surface area contributed by atoms with Crippen molar-refractivity contribution in [2.24, 2.45) is 0 Å². The first-order valence-electron chi connectivity index (χ1n) is 6.97. The zero-order valence-electron chi connectivity index (χ0n) is 11.8. The van der Waals surface area contributed by atoms with E-state index in [-0.39, 0.29) is 16.5 Å². The van der Waals surface area contributed by atoms with Gasteiger partial charge in [0.2, 0.25) is 10.0 Å². The smallest absolute Gasteiger partial charge is 0.242 e. The largest absolute Gasteiger partial charge is 0.384 e. The molecule has 0 aliphatic heterocycles. The van der Waals surface area contributed by atoms with Crippen molar-refractivity contribution >= 4 is 21.6 Å². The van der Waals surface area contributed by atoms with Crippen LogP contribution in [0.3, 0.4) is 0 Å². The molecule has 0 saturated carbocycles. The lowest BCUT2D eigenvalue weighted by molar-refractivity contribution is 0.0442. The van der Waals surface area contributed by atoms with Crippen molar-refractivity contribution in [3.8, 4) is 0 Å². The van der Waals surface area contributed by atoms with Gasteiger partial charge in [0.05, 0.1) is 5.02 Å². The molecule has 2 aromatic carbocycles. The number of nitrogens with one attached hydrogen (secondary N) is 1. The van der Waals surface area contributed by atoms with Crippen LogP contribution in [0.5, 0.6) is 0 Å². The summed E-state index contributed by atoms with van der Waals surface area (Å²) in [7, 11) is -3.76. The number of fused-ring (bicyclic) bond motifs is 1. The Hall–Kier alpha value is -1.40. The van der Waals surface area contributed by atoms with Crippen molar-refractivity contribution in [1.82, 2.24) is 4.72 Å². The third-order valence-electron chi connectivity index (χ3n) is 4.01. The van der Waals surface area contributed by atoms with Crippen LogP contribution in [0, 0.1) is 0 Å². The first kappa shape index (κ1) is 15.5. The zero-order valence-corrected chi connectivity index (χ0v) is 13.4. The standard InChI is InChI=1S/C16H16ClNO3S/c17-14-7-3-4-8-15(14)22(20,21)18-11-16(19)10-9-12-5-1-2-6-13(12)16/h1-8,18-19H,9-11H2/t16-/m0/s1. The summed E-state index contributed by atoms with van der Waals surface area (Å²) >= 11 is 5.94. The van der Waals surface area contributed by atoms with Gasteiger partial charge in [0.25, 0.3) is 0 Å². The summed E-state index contributed by atoms with van der Waals surface area (Å²) in [4.78, 5) is 0.0200. The first-order chi connectivity index (χ1) is 10.4. The number of sulfonamides is 1. The lowest BCUT2D eigenvalue weighted by Gasteiger charge is -2.24. The van der Waals surface area contributed by atoms with Gasteiger partial charge < -0.3 is 5.11 Å². The van der Waals surface area contributed by atoms with E-state index in [0.717, 1.165) is 17.5 Å². The molecule has 116 valence electrons. The fourth-order valence-corrected chi connectivity index (χ4v) is 4.41. The lowest BCUT2D eigenvalue weighted by atomic mass is 9.96. The Morgan fingerprint density at radius 3 is 2.59 bits per heavy atom. The van der Waals surface area contributed by atoms with E-state index in [2.05, 4.69) is 4.72 Å². The highest BCUT2D eigenvalue weighted by atomic mass is 35.5. The van der Waals surface area contributed by atoms with Crippen LogP contribution in [-0.4, -0.2) is 20.1 Å². The van der Waals surface area contributed by atoms with Crippen molar-refractivity contribution in [2.45, 2.75) is 23.3 Å². The summed E-state index contributed by atoms with van der Waals surface area (Å²) in [5.74, 6) is 0. The summed E-state index contributed by atoms with van der Waals surface area (Å²) in [5, 5.41) is 10.9. The summed E-state index contributed by atoms with van der Waals surface area (Å²) in [6, 6.07) is 13.8. The maximum atomic E-state index is 12.4. The Kier molecular flexibility index (Phi) is 3.99. The minimum atomic E-state index is -3.76. The van der Waals surface area contributed by atoms with E-state index >= 15 is 0 Å². The van der Waals surface area contributed by atoms with Crippen molar-refractivity contribution in [3.63, 3.8) is 0 Å². The number of rotatable bonds is 4. The van der Waals surface area contributed by atoms with Crippen molar-refractivity contribution in [1.29, 1.82) is 0 Å². The maximum Gasteiger partial charge on any atom is 0.242 e. The monoisotopic (exact) mass is 337 g/mol.